The molecule has 4 heteroatoms. The largest absolute Gasteiger partial charge is 0.399 e. The maximum Gasteiger partial charge on any atom is 0.253 e. The average molecular weight is 331 g/mol. The highest BCUT2D eigenvalue weighted by Crippen LogP contribution is 2.34. The summed E-state index contributed by atoms with van der Waals surface area (Å²) < 4.78 is 0. The smallest absolute Gasteiger partial charge is 0.253 e. The quantitative estimate of drug-likeness (QED) is 0.719. The van der Waals surface area contributed by atoms with Gasteiger partial charge >= 0.3 is 0 Å². The van der Waals surface area contributed by atoms with E-state index in [2.05, 4.69) is 17.0 Å². The Hall–Kier alpha value is -3.27. The van der Waals surface area contributed by atoms with Crippen molar-refractivity contribution >= 4 is 28.7 Å². The van der Waals surface area contributed by atoms with Gasteiger partial charge in [0, 0.05) is 42.4 Å². The highest BCUT2D eigenvalue weighted by atomic mass is 16.2. The van der Waals surface area contributed by atoms with Crippen LogP contribution in [0.3, 0.4) is 0 Å². The first kappa shape index (κ1) is 16.6. The van der Waals surface area contributed by atoms with Crippen LogP contribution < -0.4 is 10.6 Å². The zero-order valence-electron chi connectivity index (χ0n) is 14.4. The lowest BCUT2D eigenvalue weighted by atomic mass is 10.1. The van der Waals surface area contributed by atoms with Crippen LogP contribution >= 0.6 is 0 Å². The normalized spacial score (nSPS) is 10.3. The van der Waals surface area contributed by atoms with Gasteiger partial charge in [0.05, 0.1) is 0 Å². The predicted octanol–water partition coefficient (Wildman–Crippen LogP) is 4.44. The molecule has 0 aliphatic carbocycles. The van der Waals surface area contributed by atoms with Gasteiger partial charge in [-0.15, -0.1) is 0 Å². The van der Waals surface area contributed by atoms with Crippen molar-refractivity contribution in [1.29, 1.82) is 0 Å². The molecular formula is C21H21N3O. The fourth-order valence-electron chi connectivity index (χ4n) is 2.66. The van der Waals surface area contributed by atoms with Gasteiger partial charge in [0.15, 0.2) is 0 Å². The number of para-hydroxylation sites is 1. The van der Waals surface area contributed by atoms with E-state index < -0.39 is 0 Å². The summed E-state index contributed by atoms with van der Waals surface area (Å²) in [7, 11) is 3.50. The first-order chi connectivity index (χ1) is 12.1. The van der Waals surface area contributed by atoms with Crippen LogP contribution in [-0.2, 0) is 0 Å². The number of hydrogen-bond acceptors (Lipinski definition) is 3. The minimum absolute atomic E-state index is 0.00899. The summed E-state index contributed by atoms with van der Waals surface area (Å²) in [5.74, 6) is -0.00899. The lowest BCUT2D eigenvalue weighted by Crippen LogP contribution is -2.21. The maximum atomic E-state index is 12.1. The molecule has 0 radical (unpaired) electrons. The second-order valence-corrected chi connectivity index (χ2v) is 6.01. The molecule has 3 aromatic rings. The first-order valence-corrected chi connectivity index (χ1v) is 8.09. The van der Waals surface area contributed by atoms with Gasteiger partial charge in [-0.25, -0.2) is 0 Å². The fourth-order valence-corrected chi connectivity index (χ4v) is 2.66. The topological polar surface area (TPSA) is 49.6 Å². The van der Waals surface area contributed by atoms with Crippen molar-refractivity contribution in [3.63, 3.8) is 0 Å². The first-order valence-electron chi connectivity index (χ1n) is 8.09. The Morgan fingerprint density at radius 2 is 1.20 bits per heavy atom. The predicted molar refractivity (Wildman–Crippen MR) is 104 cm³/mol. The van der Waals surface area contributed by atoms with Crippen molar-refractivity contribution in [2.45, 2.75) is 0 Å². The molecule has 0 aliphatic heterocycles. The molecule has 0 aromatic heterocycles. The van der Waals surface area contributed by atoms with Crippen LogP contribution in [0.4, 0.5) is 22.7 Å². The van der Waals surface area contributed by atoms with E-state index in [9.17, 15) is 4.79 Å². The maximum absolute atomic E-state index is 12.1. The zero-order chi connectivity index (χ0) is 17.8. The Morgan fingerprint density at radius 1 is 0.720 bits per heavy atom. The van der Waals surface area contributed by atoms with E-state index in [1.165, 1.54) is 0 Å². The summed E-state index contributed by atoms with van der Waals surface area (Å²) >= 11 is 0. The van der Waals surface area contributed by atoms with Crippen LogP contribution in [0.15, 0.2) is 78.9 Å². The van der Waals surface area contributed by atoms with Crippen LogP contribution in [-0.4, -0.2) is 24.9 Å². The van der Waals surface area contributed by atoms with Gasteiger partial charge in [0.1, 0.15) is 0 Å². The Kier molecular flexibility index (Phi) is 4.70. The van der Waals surface area contributed by atoms with Gasteiger partial charge in [-0.2, -0.15) is 0 Å². The molecule has 0 heterocycles. The molecule has 0 saturated heterocycles. The monoisotopic (exact) mass is 331 g/mol. The molecule has 0 bridgehead atoms. The average Bonchev–Trinajstić information content (AvgIpc) is 2.64. The van der Waals surface area contributed by atoms with Crippen molar-refractivity contribution < 1.29 is 4.79 Å². The third-order valence-electron chi connectivity index (χ3n) is 3.94. The minimum atomic E-state index is -0.00899. The molecule has 3 aromatic carbocycles. The van der Waals surface area contributed by atoms with E-state index in [1.54, 1.807) is 19.0 Å². The van der Waals surface area contributed by atoms with Crippen molar-refractivity contribution in [3.05, 3.63) is 84.4 Å². The van der Waals surface area contributed by atoms with Crippen LogP contribution in [0.1, 0.15) is 10.4 Å². The second kappa shape index (κ2) is 7.09. The molecule has 2 N–H and O–H groups in total. The number of carbonyl (C=O) groups excluding carboxylic acids is 1. The molecule has 0 atom stereocenters. The molecule has 0 fully saturated rings. The van der Waals surface area contributed by atoms with Crippen molar-refractivity contribution in [2.24, 2.45) is 0 Å². The van der Waals surface area contributed by atoms with E-state index in [4.69, 9.17) is 5.73 Å². The summed E-state index contributed by atoms with van der Waals surface area (Å²) in [6.07, 6.45) is 0. The molecule has 1 amide bonds. The molecule has 0 spiro atoms. The summed E-state index contributed by atoms with van der Waals surface area (Å²) in [5, 5.41) is 0. The van der Waals surface area contributed by atoms with Gasteiger partial charge in [0.2, 0.25) is 0 Å². The van der Waals surface area contributed by atoms with Crippen LogP contribution in [0.2, 0.25) is 0 Å². The highest BCUT2D eigenvalue weighted by Gasteiger charge is 2.13. The van der Waals surface area contributed by atoms with Crippen molar-refractivity contribution in [1.82, 2.24) is 4.90 Å². The van der Waals surface area contributed by atoms with Gasteiger partial charge < -0.3 is 15.5 Å². The van der Waals surface area contributed by atoms with Gasteiger partial charge in [-0.05, 0) is 60.7 Å². The van der Waals surface area contributed by atoms with E-state index in [0.29, 0.717) is 5.56 Å². The fraction of sp³-hybridized carbons (Fsp3) is 0.0952. The van der Waals surface area contributed by atoms with E-state index in [0.717, 1.165) is 22.7 Å². The van der Waals surface area contributed by atoms with E-state index >= 15 is 0 Å². The lowest BCUT2D eigenvalue weighted by Gasteiger charge is -2.25. The molecule has 25 heavy (non-hydrogen) atoms. The molecule has 126 valence electrons. The standard InChI is InChI=1S/C21H21N3O/c1-23(2)21(25)16-8-12-19(13-9-16)24(18-6-4-3-5-7-18)20-14-10-17(22)11-15-20/h3-15H,22H2,1-2H3. The number of anilines is 4. The summed E-state index contributed by atoms with van der Waals surface area (Å²) in [6, 6.07) is 25.5. The van der Waals surface area contributed by atoms with Crippen LogP contribution in [0.5, 0.6) is 0 Å². The Balaban J connectivity index is 2.03. The zero-order valence-corrected chi connectivity index (χ0v) is 14.4. The Morgan fingerprint density at radius 3 is 1.72 bits per heavy atom. The van der Waals surface area contributed by atoms with Crippen LogP contribution in [0, 0.1) is 0 Å². The van der Waals surface area contributed by atoms with Gasteiger partial charge in [0.25, 0.3) is 5.91 Å². The molecule has 0 unspecified atom stereocenters. The van der Waals surface area contributed by atoms with Crippen molar-refractivity contribution in [3.8, 4) is 0 Å². The van der Waals surface area contributed by atoms with E-state index in [-0.39, 0.29) is 5.91 Å². The Bertz CT molecular complexity index is 841. The minimum Gasteiger partial charge on any atom is -0.399 e. The number of rotatable bonds is 4. The molecule has 3 rings (SSSR count). The number of benzene rings is 3. The van der Waals surface area contributed by atoms with E-state index in [1.807, 2.05) is 66.7 Å². The van der Waals surface area contributed by atoms with Gasteiger partial charge in [-0.3, -0.25) is 4.79 Å². The second-order valence-electron chi connectivity index (χ2n) is 6.01. The number of nitrogens with zero attached hydrogens (tertiary/aromatic N) is 2. The van der Waals surface area contributed by atoms with Gasteiger partial charge in [-0.1, -0.05) is 18.2 Å². The summed E-state index contributed by atoms with van der Waals surface area (Å²) in [6.45, 7) is 0. The molecule has 0 aliphatic rings. The number of nitrogen functional groups attached to an aromatic ring is 1. The Labute approximate surface area is 148 Å². The molecular weight excluding hydrogens is 310 g/mol. The molecule has 4 nitrogen and oxygen atoms in total. The SMILES string of the molecule is CN(C)C(=O)c1ccc(N(c2ccccc2)c2ccc(N)cc2)cc1. The number of amides is 1. The number of nitrogens with two attached hydrogens (primary N) is 1. The van der Waals surface area contributed by atoms with Crippen LogP contribution in [0.25, 0.3) is 0 Å². The summed E-state index contributed by atoms with van der Waals surface area (Å²) in [5.41, 5.74) is 10.2. The van der Waals surface area contributed by atoms with Crippen molar-refractivity contribution in [2.75, 3.05) is 24.7 Å². The third kappa shape index (κ3) is 3.63. The molecule has 0 saturated carbocycles. The third-order valence-corrected chi connectivity index (χ3v) is 3.94. The number of hydrogen-bond donors (Lipinski definition) is 1. The lowest BCUT2D eigenvalue weighted by molar-refractivity contribution is 0.0827. The number of carbonyl (C=O) groups is 1. The summed E-state index contributed by atoms with van der Waals surface area (Å²) in [4.78, 5) is 15.8. The highest BCUT2D eigenvalue weighted by molar-refractivity contribution is 5.94.